The maximum absolute atomic E-state index is 12.7. The van der Waals surface area contributed by atoms with Crippen LogP contribution in [0.2, 0.25) is 0 Å². The first kappa shape index (κ1) is 18.0. The van der Waals surface area contributed by atoms with Crippen LogP contribution in [0.1, 0.15) is 66.9 Å². The van der Waals surface area contributed by atoms with Crippen LogP contribution in [0.15, 0.2) is 30.3 Å². The maximum Gasteiger partial charge on any atom is 0.339 e. The molecule has 0 unspecified atom stereocenters. The standard InChI is InChI=1S/C22H26N2O3/c25-21(24-12-6-2-1-3-7-13-24)15-27-22(26)18-14-20(16-10-11-16)23-19-9-5-4-8-17(18)19/h4-5,8-9,14,16H,1-3,6-7,10-13,15H2. The average Bonchev–Trinajstić information content (AvgIpc) is 3.50. The molecule has 5 heteroatoms. The van der Waals surface area contributed by atoms with E-state index in [0.29, 0.717) is 11.5 Å². The highest BCUT2D eigenvalue weighted by Crippen LogP contribution is 2.40. The fraction of sp³-hybridized carbons (Fsp3) is 0.500. The van der Waals surface area contributed by atoms with E-state index in [-0.39, 0.29) is 12.5 Å². The van der Waals surface area contributed by atoms with Crippen molar-refractivity contribution in [1.29, 1.82) is 0 Å². The predicted octanol–water partition coefficient (Wildman–Crippen LogP) is 4.06. The number of esters is 1. The molecule has 1 amide bonds. The fourth-order valence-electron chi connectivity index (χ4n) is 3.75. The molecule has 27 heavy (non-hydrogen) atoms. The van der Waals surface area contributed by atoms with Gasteiger partial charge < -0.3 is 9.64 Å². The third-order valence-corrected chi connectivity index (χ3v) is 5.49. The number of para-hydroxylation sites is 1. The Balaban J connectivity index is 1.47. The van der Waals surface area contributed by atoms with Crippen LogP contribution in [0.25, 0.3) is 10.9 Å². The molecule has 0 bridgehead atoms. The zero-order valence-corrected chi connectivity index (χ0v) is 15.7. The molecule has 1 saturated carbocycles. The van der Waals surface area contributed by atoms with E-state index in [4.69, 9.17) is 4.74 Å². The number of pyridine rings is 1. The Morgan fingerprint density at radius 2 is 1.74 bits per heavy atom. The molecule has 1 aromatic carbocycles. The van der Waals surface area contributed by atoms with E-state index in [1.54, 1.807) is 0 Å². The Kier molecular flexibility index (Phi) is 5.37. The molecular formula is C22H26N2O3. The van der Waals surface area contributed by atoms with Gasteiger partial charge in [0.1, 0.15) is 0 Å². The van der Waals surface area contributed by atoms with Gasteiger partial charge in [-0.05, 0) is 37.8 Å². The lowest BCUT2D eigenvalue weighted by Crippen LogP contribution is -2.37. The molecule has 2 aromatic rings. The topological polar surface area (TPSA) is 59.5 Å². The molecule has 0 atom stereocenters. The van der Waals surface area contributed by atoms with Crippen LogP contribution in [0.5, 0.6) is 0 Å². The molecule has 0 N–H and O–H groups in total. The number of benzene rings is 1. The first-order valence-electron chi connectivity index (χ1n) is 10.1. The monoisotopic (exact) mass is 366 g/mol. The zero-order chi connectivity index (χ0) is 18.6. The van der Waals surface area contributed by atoms with Gasteiger partial charge >= 0.3 is 5.97 Å². The van der Waals surface area contributed by atoms with Gasteiger partial charge in [-0.15, -0.1) is 0 Å². The van der Waals surface area contributed by atoms with Crippen LogP contribution in [0, 0.1) is 0 Å². The summed E-state index contributed by atoms with van der Waals surface area (Å²) in [5.74, 6) is -0.0780. The van der Waals surface area contributed by atoms with Gasteiger partial charge in [0.2, 0.25) is 0 Å². The van der Waals surface area contributed by atoms with Gasteiger partial charge in [0, 0.05) is 30.1 Å². The Hall–Kier alpha value is -2.43. The number of fused-ring (bicyclic) bond motifs is 1. The van der Waals surface area contributed by atoms with E-state index in [2.05, 4.69) is 4.98 Å². The van der Waals surface area contributed by atoms with Crippen LogP contribution in [-0.4, -0.2) is 41.5 Å². The number of amides is 1. The number of nitrogens with zero attached hydrogens (tertiary/aromatic N) is 2. The highest BCUT2D eigenvalue weighted by atomic mass is 16.5. The molecule has 5 nitrogen and oxygen atoms in total. The minimum absolute atomic E-state index is 0.0916. The Labute approximate surface area is 159 Å². The van der Waals surface area contributed by atoms with Crippen molar-refractivity contribution in [2.75, 3.05) is 19.7 Å². The lowest BCUT2D eigenvalue weighted by molar-refractivity contribution is -0.134. The minimum atomic E-state index is -0.434. The zero-order valence-electron chi connectivity index (χ0n) is 15.7. The normalized spacial score (nSPS) is 18.0. The molecule has 0 spiro atoms. The lowest BCUT2D eigenvalue weighted by atomic mass is 10.1. The summed E-state index contributed by atoms with van der Waals surface area (Å²) in [6.07, 6.45) is 7.86. The van der Waals surface area contributed by atoms with Crippen molar-refractivity contribution in [1.82, 2.24) is 9.88 Å². The van der Waals surface area contributed by atoms with Crippen molar-refractivity contribution in [2.24, 2.45) is 0 Å². The quantitative estimate of drug-likeness (QED) is 0.766. The first-order valence-corrected chi connectivity index (χ1v) is 10.1. The van der Waals surface area contributed by atoms with Crippen molar-refractivity contribution in [3.05, 3.63) is 41.6 Å². The number of hydrogen-bond donors (Lipinski definition) is 0. The first-order chi connectivity index (χ1) is 13.2. The van der Waals surface area contributed by atoms with Crippen molar-refractivity contribution < 1.29 is 14.3 Å². The molecular weight excluding hydrogens is 340 g/mol. The molecule has 0 radical (unpaired) electrons. The maximum atomic E-state index is 12.7. The SMILES string of the molecule is O=C(OCC(=O)N1CCCCCCC1)c1cc(C2CC2)nc2ccccc12. The van der Waals surface area contributed by atoms with Crippen LogP contribution in [-0.2, 0) is 9.53 Å². The van der Waals surface area contributed by atoms with Gasteiger partial charge in [-0.1, -0.05) is 37.5 Å². The Bertz CT molecular complexity index is 837. The average molecular weight is 366 g/mol. The number of rotatable bonds is 4. The fourth-order valence-corrected chi connectivity index (χ4v) is 3.75. The second kappa shape index (κ2) is 8.07. The van der Waals surface area contributed by atoms with E-state index in [1.165, 1.54) is 6.42 Å². The van der Waals surface area contributed by atoms with Gasteiger partial charge in [0.25, 0.3) is 5.91 Å². The van der Waals surface area contributed by atoms with Gasteiger partial charge in [0.05, 0.1) is 11.1 Å². The molecule has 2 aliphatic rings. The van der Waals surface area contributed by atoms with E-state index >= 15 is 0 Å². The van der Waals surface area contributed by atoms with Crippen LogP contribution in [0.3, 0.4) is 0 Å². The highest BCUT2D eigenvalue weighted by molar-refractivity contribution is 6.04. The van der Waals surface area contributed by atoms with Crippen molar-refractivity contribution in [3.63, 3.8) is 0 Å². The summed E-state index contributed by atoms with van der Waals surface area (Å²) in [4.78, 5) is 31.8. The summed E-state index contributed by atoms with van der Waals surface area (Å²) < 4.78 is 5.42. The summed E-state index contributed by atoms with van der Waals surface area (Å²) in [7, 11) is 0. The number of ether oxygens (including phenoxy) is 1. The van der Waals surface area contributed by atoms with Gasteiger partial charge in [-0.2, -0.15) is 0 Å². The van der Waals surface area contributed by atoms with Crippen molar-refractivity contribution in [3.8, 4) is 0 Å². The highest BCUT2D eigenvalue weighted by Gasteiger charge is 2.27. The largest absolute Gasteiger partial charge is 0.452 e. The predicted molar refractivity (Wildman–Crippen MR) is 104 cm³/mol. The van der Waals surface area contributed by atoms with E-state index in [9.17, 15) is 9.59 Å². The second-order valence-corrected chi connectivity index (χ2v) is 7.61. The summed E-state index contributed by atoms with van der Waals surface area (Å²) >= 11 is 0. The molecule has 1 saturated heterocycles. The van der Waals surface area contributed by atoms with Gasteiger partial charge in [0.15, 0.2) is 6.61 Å². The number of likely N-dealkylation sites (tertiary alicyclic amines) is 1. The summed E-state index contributed by atoms with van der Waals surface area (Å²) in [6, 6.07) is 9.47. The molecule has 2 heterocycles. The van der Waals surface area contributed by atoms with E-state index in [1.807, 2.05) is 35.2 Å². The smallest absolute Gasteiger partial charge is 0.339 e. The Morgan fingerprint density at radius 1 is 1.04 bits per heavy atom. The molecule has 142 valence electrons. The van der Waals surface area contributed by atoms with E-state index in [0.717, 1.165) is 68.2 Å². The van der Waals surface area contributed by atoms with Crippen molar-refractivity contribution >= 4 is 22.8 Å². The third-order valence-electron chi connectivity index (χ3n) is 5.49. The molecule has 2 fully saturated rings. The number of carbonyl (C=O) groups excluding carboxylic acids is 2. The number of hydrogen-bond acceptors (Lipinski definition) is 4. The van der Waals surface area contributed by atoms with Crippen LogP contribution in [0.4, 0.5) is 0 Å². The van der Waals surface area contributed by atoms with Gasteiger partial charge in [-0.3, -0.25) is 9.78 Å². The minimum Gasteiger partial charge on any atom is -0.452 e. The lowest BCUT2D eigenvalue weighted by Gasteiger charge is -2.24. The molecule has 1 aliphatic heterocycles. The number of carbonyl (C=O) groups is 2. The summed E-state index contributed by atoms with van der Waals surface area (Å²) in [5.41, 5.74) is 2.28. The molecule has 4 rings (SSSR count). The molecule has 1 aromatic heterocycles. The van der Waals surface area contributed by atoms with Gasteiger partial charge in [-0.25, -0.2) is 4.79 Å². The van der Waals surface area contributed by atoms with E-state index < -0.39 is 5.97 Å². The van der Waals surface area contributed by atoms with Crippen molar-refractivity contribution in [2.45, 2.75) is 50.9 Å². The number of aromatic nitrogens is 1. The van der Waals surface area contributed by atoms with Crippen LogP contribution < -0.4 is 0 Å². The summed E-state index contributed by atoms with van der Waals surface area (Å²) in [5, 5.41) is 0.783. The Morgan fingerprint density at radius 3 is 2.48 bits per heavy atom. The molecule has 1 aliphatic carbocycles. The summed E-state index contributed by atoms with van der Waals surface area (Å²) in [6.45, 7) is 1.34. The third kappa shape index (κ3) is 4.29. The van der Waals surface area contributed by atoms with Crippen LogP contribution >= 0.6 is 0 Å². The second-order valence-electron chi connectivity index (χ2n) is 7.61.